The van der Waals surface area contributed by atoms with Crippen molar-refractivity contribution in [2.45, 2.75) is 32.0 Å². The number of benzene rings is 1. The average Bonchev–Trinajstić information content (AvgIpc) is 2.57. The van der Waals surface area contributed by atoms with Gasteiger partial charge in [0.25, 0.3) is 0 Å². The van der Waals surface area contributed by atoms with Crippen LogP contribution in [0.5, 0.6) is 0 Å². The van der Waals surface area contributed by atoms with E-state index in [1.54, 1.807) is 0 Å². The number of hydrogen-bond acceptors (Lipinski definition) is 2. The Morgan fingerprint density at radius 3 is 2.35 bits per heavy atom. The Kier molecular flexibility index (Phi) is 7.05. The summed E-state index contributed by atoms with van der Waals surface area (Å²) in [5, 5.41) is 0. The average molecular weight is 310 g/mol. The third-order valence-corrected chi connectivity index (χ3v) is 4.08. The van der Waals surface area contributed by atoms with Gasteiger partial charge in [-0.25, -0.2) is 0 Å². The van der Waals surface area contributed by atoms with Crippen molar-refractivity contribution in [2.24, 2.45) is 0 Å². The van der Waals surface area contributed by atoms with Crippen LogP contribution < -0.4 is 0 Å². The van der Waals surface area contributed by atoms with Crippen LogP contribution in [0.25, 0.3) is 6.08 Å². The van der Waals surface area contributed by atoms with E-state index in [0.29, 0.717) is 6.61 Å². The fourth-order valence-electron chi connectivity index (χ4n) is 2.59. The van der Waals surface area contributed by atoms with E-state index in [4.69, 9.17) is 9.47 Å². The summed E-state index contributed by atoms with van der Waals surface area (Å²) in [5.41, 5.74) is 4.78. The summed E-state index contributed by atoms with van der Waals surface area (Å²) in [6.07, 6.45) is 8.82. The maximum Gasteiger partial charge on any atom is 0.0867 e. The van der Waals surface area contributed by atoms with Crippen molar-refractivity contribution >= 4 is 6.08 Å². The van der Waals surface area contributed by atoms with Gasteiger partial charge in [-0.05, 0) is 35.1 Å². The highest BCUT2D eigenvalue weighted by Gasteiger charge is 2.25. The molecule has 2 nitrogen and oxygen atoms in total. The molecular weight excluding hydrogens is 284 g/mol. The van der Waals surface area contributed by atoms with Crippen LogP contribution in [0.3, 0.4) is 0 Å². The Morgan fingerprint density at radius 2 is 1.70 bits per heavy atom. The molecule has 1 aliphatic rings. The Bertz CT molecular complexity index is 566. The SMILES string of the molecule is C=CC1=C(C=C)C(OCCCCOCc2ccc(C=C)cc2)C1. The zero-order chi connectivity index (χ0) is 16.5. The van der Waals surface area contributed by atoms with E-state index in [2.05, 4.69) is 44.0 Å². The highest BCUT2D eigenvalue weighted by molar-refractivity contribution is 5.47. The van der Waals surface area contributed by atoms with E-state index in [1.165, 1.54) is 16.7 Å². The molecule has 0 aromatic heterocycles. The first-order valence-electron chi connectivity index (χ1n) is 8.17. The first kappa shape index (κ1) is 17.5. The zero-order valence-electron chi connectivity index (χ0n) is 13.8. The maximum absolute atomic E-state index is 5.86. The van der Waals surface area contributed by atoms with Gasteiger partial charge in [-0.15, -0.1) is 0 Å². The first-order chi connectivity index (χ1) is 11.3. The van der Waals surface area contributed by atoms with E-state index >= 15 is 0 Å². The fraction of sp³-hybridized carbons (Fsp3) is 0.333. The van der Waals surface area contributed by atoms with Gasteiger partial charge in [0, 0.05) is 19.6 Å². The largest absolute Gasteiger partial charge is 0.377 e. The molecule has 2 heteroatoms. The molecule has 0 saturated heterocycles. The molecule has 1 aromatic rings. The summed E-state index contributed by atoms with van der Waals surface area (Å²) in [5.74, 6) is 0. The normalized spacial score (nSPS) is 16.8. The Labute approximate surface area is 139 Å². The topological polar surface area (TPSA) is 18.5 Å². The first-order valence-corrected chi connectivity index (χ1v) is 8.17. The third-order valence-electron chi connectivity index (χ3n) is 4.08. The van der Waals surface area contributed by atoms with Crippen molar-refractivity contribution in [1.82, 2.24) is 0 Å². The monoisotopic (exact) mass is 310 g/mol. The third kappa shape index (κ3) is 5.05. The molecule has 0 fully saturated rings. The van der Waals surface area contributed by atoms with Crippen molar-refractivity contribution in [3.63, 3.8) is 0 Å². The summed E-state index contributed by atoms with van der Waals surface area (Å²) in [7, 11) is 0. The van der Waals surface area contributed by atoms with E-state index in [9.17, 15) is 0 Å². The molecule has 1 aliphatic carbocycles. The molecule has 0 spiro atoms. The van der Waals surface area contributed by atoms with Crippen molar-refractivity contribution in [1.29, 1.82) is 0 Å². The minimum Gasteiger partial charge on any atom is -0.377 e. The standard InChI is InChI=1S/C21H26O2/c1-4-17-9-11-18(12-10-17)16-22-13-7-8-14-23-21-15-19(5-2)20(21)6-3/h4-6,9-12,21H,1-3,7-8,13-16H2. The Morgan fingerprint density at radius 1 is 0.957 bits per heavy atom. The van der Waals surface area contributed by atoms with Gasteiger partial charge >= 0.3 is 0 Å². The highest BCUT2D eigenvalue weighted by atomic mass is 16.5. The second-order valence-corrected chi connectivity index (χ2v) is 5.66. The van der Waals surface area contributed by atoms with Crippen LogP contribution in [0.2, 0.25) is 0 Å². The van der Waals surface area contributed by atoms with Gasteiger partial charge in [0.2, 0.25) is 0 Å². The lowest BCUT2D eigenvalue weighted by Crippen LogP contribution is -2.26. The second-order valence-electron chi connectivity index (χ2n) is 5.66. The molecule has 0 radical (unpaired) electrons. The molecule has 122 valence electrons. The summed E-state index contributed by atoms with van der Waals surface area (Å²) < 4.78 is 11.6. The molecule has 0 heterocycles. The van der Waals surface area contributed by atoms with Crippen LogP contribution in [-0.4, -0.2) is 19.3 Å². The predicted octanol–water partition coefficient (Wildman–Crippen LogP) is 5.08. The quantitative estimate of drug-likeness (QED) is 0.530. The van der Waals surface area contributed by atoms with Crippen LogP contribution >= 0.6 is 0 Å². The van der Waals surface area contributed by atoms with E-state index in [-0.39, 0.29) is 6.10 Å². The summed E-state index contributed by atoms with van der Waals surface area (Å²) in [6, 6.07) is 8.27. The minimum atomic E-state index is 0.213. The maximum atomic E-state index is 5.86. The Balaban J connectivity index is 1.53. The second kappa shape index (κ2) is 9.29. The molecule has 1 aromatic carbocycles. The molecular formula is C21H26O2. The molecule has 0 saturated carbocycles. The van der Waals surface area contributed by atoms with E-state index in [1.807, 2.05) is 18.2 Å². The summed E-state index contributed by atoms with van der Waals surface area (Å²) >= 11 is 0. The van der Waals surface area contributed by atoms with Gasteiger partial charge in [-0.2, -0.15) is 0 Å². The molecule has 2 rings (SSSR count). The van der Waals surface area contributed by atoms with E-state index in [0.717, 1.165) is 38.0 Å². The van der Waals surface area contributed by atoms with Crippen LogP contribution in [0, 0.1) is 0 Å². The van der Waals surface area contributed by atoms with Crippen LogP contribution in [0.15, 0.2) is 67.3 Å². The smallest absolute Gasteiger partial charge is 0.0867 e. The van der Waals surface area contributed by atoms with Crippen LogP contribution in [0.4, 0.5) is 0 Å². The van der Waals surface area contributed by atoms with Gasteiger partial charge < -0.3 is 9.47 Å². The lowest BCUT2D eigenvalue weighted by Gasteiger charge is -2.30. The molecule has 0 N–H and O–H groups in total. The number of unbranched alkanes of at least 4 members (excludes halogenated alkanes) is 1. The van der Waals surface area contributed by atoms with Gasteiger partial charge in [0.05, 0.1) is 12.7 Å². The summed E-state index contributed by atoms with van der Waals surface area (Å²) in [6.45, 7) is 13.6. The Hall–Kier alpha value is -1.90. The van der Waals surface area contributed by atoms with Crippen molar-refractivity contribution in [3.8, 4) is 0 Å². The molecule has 23 heavy (non-hydrogen) atoms. The number of hydrogen-bond donors (Lipinski definition) is 0. The predicted molar refractivity (Wildman–Crippen MR) is 97.2 cm³/mol. The molecule has 0 bridgehead atoms. The lowest BCUT2D eigenvalue weighted by atomic mass is 9.85. The molecule has 1 unspecified atom stereocenters. The van der Waals surface area contributed by atoms with Gasteiger partial charge in [0.1, 0.15) is 0 Å². The summed E-state index contributed by atoms with van der Waals surface area (Å²) in [4.78, 5) is 0. The number of allylic oxidation sites excluding steroid dienone is 1. The highest BCUT2D eigenvalue weighted by Crippen LogP contribution is 2.32. The van der Waals surface area contributed by atoms with Gasteiger partial charge in [-0.1, -0.05) is 62.2 Å². The molecule has 1 atom stereocenters. The van der Waals surface area contributed by atoms with Crippen LogP contribution in [-0.2, 0) is 16.1 Å². The zero-order valence-corrected chi connectivity index (χ0v) is 13.8. The molecule has 0 amide bonds. The van der Waals surface area contributed by atoms with E-state index < -0.39 is 0 Å². The lowest BCUT2D eigenvalue weighted by molar-refractivity contribution is 0.0553. The van der Waals surface area contributed by atoms with Gasteiger partial charge in [0.15, 0.2) is 0 Å². The molecule has 0 aliphatic heterocycles. The van der Waals surface area contributed by atoms with Crippen molar-refractivity contribution < 1.29 is 9.47 Å². The van der Waals surface area contributed by atoms with Crippen LogP contribution in [0.1, 0.15) is 30.4 Å². The van der Waals surface area contributed by atoms with Crippen molar-refractivity contribution in [3.05, 3.63) is 78.4 Å². The van der Waals surface area contributed by atoms with Crippen molar-refractivity contribution in [2.75, 3.05) is 13.2 Å². The number of rotatable bonds is 11. The number of ether oxygens (including phenoxy) is 2. The van der Waals surface area contributed by atoms with Gasteiger partial charge in [-0.3, -0.25) is 0 Å². The minimum absolute atomic E-state index is 0.213. The fourth-order valence-corrected chi connectivity index (χ4v) is 2.59.